The van der Waals surface area contributed by atoms with E-state index in [0.29, 0.717) is 5.69 Å². The number of sulfonamides is 1. The maximum absolute atomic E-state index is 13.3. The molecule has 9 heteroatoms. The third-order valence-electron chi connectivity index (χ3n) is 5.22. The second kappa shape index (κ2) is 11.0. The molecule has 2 amide bonds. The summed E-state index contributed by atoms with van der Waals surface area (Å²) in [6, 6.07) is 19.3. The first-order valence-corrected chi connectivity index (χ1v) is 12.2. The van der Waals surface area contributed by atoms with Gasteiger partial charge in [0.1, 0.15) is 11.9 Å². The van der Waals surface area contributed by atoms with Gasteiger partial charge >= 0.3 is 0 Å². The molecule has 3 rings (SSSR count). The Hall–Kier alpha value is -3.56. The standard InChI is InChI=1S/C25H26FN3O4S/c1-3-27-34(32,33)22-15-13-21(14-16-22)28-24(30)23(17-18-7-5-4-6-8-18)29(2)25(31)19-9-11-20(26)12-10-19/h4-16,23,27H,3,17H2,1-2H3,(H,28,30). The maximum Gasteiger partial charge on any atom is 0.254 e. The van der Waals surface area contributed by atoms with E-state index < -0.39 is 33.7 Å². The van der Waals surface area contributed by atoms with Crippen LogP contribution in [0, 0.1) is 5.82 Å². The molecular formula is C25H26FN3O4S. The smallest absolute Gasteiger partial charge is 0.254 e. The lowest BCUT2D eigenvalue weighted by atomic mass is 10.0. The van der Waals surface area contributed by atoms with Crippen molar-refractivity contribution in [1.29, 1.82) is 0 Å². The Morgan fingerprint density at radius 2 is 1.56 bits per heavy atom. The van der Waals surface area contributed by atoms with Crippen LogP contribution in [0.5, 0.6) is 0 Å². The molecule has 0 saturated heterocycles. The van der Waals surface area contributed by atoms with Crippen LogP contribution in [0.25, 0.3) is 0 Å². The summed E-state index contributed by atoms with van der Waals surface area (Å²) >= 11 is 0. The molecule has 0 fully saturated rings. The molecule has 3 aromatic carbocycles. The number of amides is 2. The zero-order valence-corrected chi connectivity index (χ0v) is 19.7. The van der Waals surface area contributed by atoms with Gasteiger partial charge in [0.25, 0.3) is 5.91 Å². The van der Waals surface area contributed by atoms with Crippen LogP contribution in [-0.4, -0.2) is 44.8 Å². The fourth-order valence-electron chi connectivity index (χ4n) is 3.40. The minimum absolute atomic E-state index is 0.0804. The lowest BCUT2D eigenvalue weighted by Crippen LogP contribution is -2.46. The molecule has 0 aliphatic heterocycles. The van der Waals surface area contributed by atoms with E-state index in [4.69, 9.17) is 0 Å². The minimum atomic E-state index is -3.61. The Morgan fingerprint density at radius 3 is 2.15 bits per heavy atom. The molecule has 0 heterocycles. The number of carbonyl (C=O) groups is 2. The van der Waals surface area contributed by atoms with Gasteiger partial charge in [-0.3, -0.25) is 9.59 Å². The number of benzene rings is 3. The first-order chi connectivity index (χ1) is 16.2. The van der Waals surface area contributed by atoms with Gasteiger partial charge < -0.3 is 10.2 Å². The van der Waals surface area contributed by atoms with Crippen molar-refractivity contribution < 1.29 is 22.4 Å². The Morgan fingerprint density at radius 1 is 0.941 bits per heavy atom. The molecule has 34 heavy (non-hydrogen) atoms. The van der Waals surface area contributed by atoms with E-state index >= 15 is 0 Å². The van der Waals surface area contributed by atoms with Crippen LogP contribution in [-0.2, 0) is 21.2 Å². The zero-order chi connectivity index (χ0) is 24.7. The molecule has 0 saturated carbocycles. The molecule has 1 unspecified atom stereocenters. The van der Waals surface area contributed by atoms with Crippen molar-refractivity contribution in [3.8, 4) is 0 Å². The van der Waals surface area contributed by atoms with Gasteiger partial charge in [-0.05, 0) is 54.1 Å². The van der Waals surface area contributed by atoms with Gasteiger partial charge in [-0.2, -0.15) is 0 Å². The van der Waals surface area contributed by atoms with E-state index in [2.05, 4.69) is 10.0 Å². The number of rotatable bonds is 9. The van der Waals surface area contributed by atoms with Crippen molar-refractivity contribution in [2.75, 3.05) is 18.9 Å². The number of carbonyl (C=O) groups excluding carboxylic acids is 2. The van der Waals surface area contributed by atoms with Gasteiger partial charge in [-0.25, -0.2) is 17.5 Å². The van der Waals surface area contributed by atoms with Gasteiger partial charge in [0.05, 0.1) is 4.90 Å². The summed E-state index contributed by atoms with van der Waals surface area (Å²) in [5, 5.41) is 2.76. The second-order valence-electron chi connectivity index (χ2n) is 7.64. The molecular weight excluding hydrogens is 457 g/mol. The van der Waals surface area contributed by atoms with Crippen molar-refractivity contribution in [3.63, 3.8) is 0 Å². The van der Waals surface area contributed by atoms with E-state index in [-0.39, 0.29) is 23.4 Å². The van der Waals surface area contributed by atoms with Crippen LogP contribution in [0.2, 0.25) is 0 Å². The first kappa shape index (κ1) is 25.1. The van der Waals surface area contributed by atoms with Gasteiger partial charge in [0.2, 0.25) is 15.9 Å². The number of halogens is 1. The first-order valence-electron chi connectivity index (χ1n) is 10.7. The highest BCUT2D eigenvalue weighted by Crippen LogP contribution is 2.17. The predicted octanol–water partition coefficient (Wildman–Crippen LogP) is 3.45. The van der Waals surface area contributed by atoms with E-state index in [1.165, 1.54) is 60.5 Å². The highest BCUT2D eigenvalue weighted by molar-refractivity contribution is 7.89. The fraction of sp³-hybridized carbons (Fsp3) is 0.200. The maximum atomic E-state index is 13.3. The second-order valence-corrected chi connectivity index (χ2v) is 9.41. The normalized spacial score (nSPS) is 12.1. The zero-order valence-electron chi connectivity index (χ0n) is 18.9. The van der Waals surface area contributed by atoms with Crippen molar-refractivity contribution in [2.24, 2.45) is 0 Å². The topological polar surface area (TPSA) is 95.6 Å². The molecule has 0 spiro atoms. The Labute approximate surface area is 198 Å². The number of nitrogens with zero attached hydrogens (tertiary/aromatic N) is 1. The van der Waals surface area contributed by atoms with Gasteiger partial charge in [0, 0.05) is 31.3 Å². The number of anilines is 1. The summed E-state index contributed by atoms with van der Waals surface area (Å²) in [5.74, 6) is -1.33. The van der Waals surface area contributed by atoms with Gasteiger partial charge in [-0.1, -0.05) is 37.3 Å². The molecule has 7 nitrogen and oxygen atoms in total. The average Bonchev–Trinajstić information content (AvgIpc) is 2.83. The van der Waals surface area contributed by atoms with E-state index in [0.717, 1.165) is 5.56 Å². The van der Waals surface area contributed by atoms with Crippen molar-refractivity contribution >= 4 is 27.5 Å². The van der Waals surface area contributed by atoms with Crippen LogP contribution in [0.15, 0.2) is 83.8 Å². The Balaban J connectivity index is 1.83. The molecule has 0 aromatic heterocycles. The van der Waals surface area contributed by atoms with Gasteiger partial charge in [0.15, 0.2) is 0 Å². The van der Waals surface area contributed by atoms with Gasteiger partial charge in [-0.15, -0.1) is 0 Å². The van der Waals surface area contributed by atoms with E-state index in [1.807, 2.05) is 30.3 Å². The van der Waals surface area contributed by atoms with Crippen LogP contribution >= 0.6 is 0 Å². The van der Waals surface area contributed by atoms with E-state index in [1.54, 1.807) is 6.92 Å². The molecule has 0 radical (unpaired) electrons. The molecule has 0 aliphatic carbocycles. The molecule has 1 atom stereocenters. The quantitative estimate of drug-likeness (QED) is 0.487. The number of hydrogen-bond donors (Lipinski definition) is 2. The summed E-state index contributed by atoms with van der Waals surface area (Å²) < 4.78 is 40.0. The Kier molecular flexibility index (Phi) is 8.14. The lowest BCUT2D eigenvalue weighted by Gasteiger charge is -2.28. The van der Waals surface area contributed by atoms with Crippen molar-refractivity contribution in [3.05, 3.63) is 95.8 Å². The number of hydrogen-bond acceptors (Lipinski definition) is 4. The minimum Gasteiger partial charge on any atom is -0.329 e. The molecule has 0 bridgehead atoms. The highest BCUT2D eigenvalue weighted by atomic mass is 32.2. The average molecular weight is 484 g/mol. The monoisotopic (exact) mass is 483 g/mol. The lowest BCUT2D eigenvalue weighted by molar-refractivity contribution is -0.120. The molecule has 2 N–H and O–H groups in total. The predicted molar refractivity (Wildman–Crippen MR) is 128 cm³/mol. The van der Waals surface area contributed by atoms with Crippen LogP contribution in [0.3, 0.4) is 0 Å². The third-order valence-corrected chi connectivity index (χ3v) is 6.78. The largest absolute Gasteiger partial charge is 0.329 e. The SMILES string of the molecule is CCNS(=O)(=O)c1ccc(NC(=O)C(Cc2ccccc2)N(C)C(=O)c2ccc(F)cc2)cc1. The van der Waals surface area contributed by atoms with Crippen molar-refractivity contribution in [1.82, 2.24) is 9.62 Å². The summed E-state index contributed by atoms with van der Waals surface area (Å²) in [5.41, 5.74) is 1.50. The highest BCUT2D eigenvalue weighted by Gasteiger charge is 2.28. The number of likely N-dealkylation sites (N-methyl/N-ethyl adjacent to an activating group) is 1. The Bertz CT molecular complexity index is 1230. The van der Waals surface area contributed by atoms with E-state index in [9.17, 15) is 22.4 Å². The summed E-state index contributed by atoms with van der Waals surface area (Å²) in [4.78, 5) is 27.6. The number of nitrogens with one attached hydrogen (secondary N) is 2. The molecule has 178 valence electrons. The summed E-state index contributed by atoms with van der Waals surface area (Å²) in [6.45, 7) is 1.94. The summed E-state index contributed by atoms with van der Waals surface area (Å²) in [7, 11) is -2.09. The fourth-order valence-corrected chi connectivity index (χ4v) is 4.44. The van der Waals surface area contributed by atoms with Crippen molar-refractivity contribution in [2.45, 2.75) is 24.3 Å². The third kappa shape index (κ3) is 6.27. The van der Waals surface area contributed by atoms with Crippen LogP contribution in [0.4, 0.5) is 10.1 Å². The molecule has 3 aromatic rings. The van der Waals surface area contributed by atoms with Crippen LogP contribution < -0.4 is 10.0 Å². The van der Waals surface area contributed by atoms with Crippen LogP contribution in [0.1, 0.15) is 22.8 Å². The summed E-state index contributed by atoms with van der Waals surface area (Å²) in [6.07, 6.45) is 0.253. The molecule has 0 aliphatic rings.